The molecule has 52 valence electrons. The maximum atomic E-state index is 5.11. The van der Waals surface area contributed by atoms with E-state index in [1.807, 2.05) is 6.08 Å². The first-order valence-corrected chi connectivity index (χ1v) is 1.98. The molecular formula is C4H12Cl2N2. The zero-order valence-electron chi connectivity index (χ0n) is 4.54. The quantitative estimate of drug-likeness (QED) is 0.621. The average Bonchev–Trinajstić information content (AvgIpc) is 1.61. The molecule has 0 aliphatic rings. The van der Waals surface area contributed by atoms with E-state index < -0.39 is 0 Å². The minimum absolute atomic E-state index is 0. The van der Waals surface area contributed by atoms with Crippen molar-refractivity contribution in [2.45, 2.75) is 6.42 Å². The number of hydrogen-bond donors (Lipinski definition) is 2. The predicted molar refractivity (Wildman–Crippen MR) is 41.5 cm³/mol. The molecule has 0 fully saturated rings. The Balaban J connectivity index is -0.000000125. The molecule has 0 saturated carbocycles. The summed E-state index contributed by atoms with van der Waals surface area (Å²) >= 11 is 0. The first-order chi connectivity index (χ1) is 2.91. The molecule has 0 rings (SSSR count). The molecule has 0 aromatic rings. The summed E-state index contributed by atoms with van der Waals surface area (Å²) in [5.74, 6) is 0. The van der Waals surface area contributed by atoms with E-state index in [4.69, 9.17) is 11.5 Å². The maximum absolute atomic E-state index is 5.11. The third kappa shape index (κ3) is 16.5. The fourth-order valence-electron chi connectivity index (χ4n) is 0.192. The Morgan fingerprint density at radius 2 is 1.75 bits per heavy atom. The van der Waals surface area contributed by atoms with E-state index in [-0.39, 0.29) is 24.8 Å². The van der Waals surface area contributed by atoms with Crippen molar-refractivity contribution in [2.75, 3.05) is 6.54 Å². The second-order valence-corrected chi connectivity index (χ2v) is 1.01. The second kappa shape index (κ2) is 15.7. The molecule has 0 heterocycles. The van der Waals surface area contributed by atoms with Gasteiger partial charge in [-0.3, -0.25) is 0 Å². The van der Waals surface area contributed by atoms with Crippen molar-refractivity contribution in [1.82, 2.24) is 0 Å². The van der Waals surface area contributed by atoms with Crippen LogP contribution in [0.3, 0.4) is 0 Å². The standard InChI is InChI=1S/C4H10N2.2ClH/c5-3-1-2-4-6;;/h1,3H,2,4-6H2;2*1H. The molecule has 0 radical (unpaired) electrons. The summed E-state index contributed by atoms with van der Waals surface area (Å²) in [4.78, 5) is 0. The number of halogens is 2. The number of hydrogen-bond acceptors (Lipinski definition) is 2. The van der Waals surface area contributed by atoms with Crippen LogP contribution in [0.25, 0.3) is 0 Å². The fraction of sp³-hybridized carbons (Fsp3) is 0.500. The van der Waals surface area contributed by atoms with E-state index in [1.54, 1.807) is 0 Å². The molecule has 0 aromatic carbocycles. The fourth-order valence-corrected chi connectivity index (χ4v) is 0.192. The summed E-state index contributed by atoms with van der Waals surface area (Å²) in [5.41, 5.74) is 10.1. The minimum atomic E-state index is 0. The van der Waals surface area contributed by atoms with E-state index in [0.29, 0.717) is 6.54 Å². The minimum Gasteiger partial charge on any atom is -0.405 e. The van der Waals surface area contributed by atoms with Crippen LogP contribution in [0, 0.1) is 0 Å². The maximum Gasteiger partial charge on any atom is -0.00420 e. The first kappa shape index (κ1) is 15.7. The molecule has 4 N–H and O–H groups in total. The summed E-state index contributed by atoms with van der Waals surface area (Å²) in [6, 6.07) is 0. The summed E-state index contributed by atoms with van der Waals surface area (Å²) < 4.78 is 0. The molecule has 4 heteroatoms. The molecule has 0 aliphatic heterocycles. The summed E-state index contributed by atoms with van der Waals surface area (Å²) in [6.45, 7) is 0.688. The third-order valence-electron chi connectivity index (χ3n) is 0.469. The molecule has 0 amide bonds. The van der Waals surface area contributed by atoms with Crippen LogP contribution in [0.2, 0.25) is 0 Å². The van der Waals surface area contributed by atoms with Gasteiger partial charge in [-0.1, -0.05) is 6.08 Å². The highest BCUT2D eigenvalue weighted by Gasteiger charge is 1.64. The molecule has 2 nitrogen and oxygen atoms in total. The lowest BCUT2D eigenvalue weighted by Crippen LogP contribution is -1.95. The monoisotopic (exact) mass is 158 g/mol. The van der Waals surface area contributed by atoms with Crippen molar-refractivity contribution in [1.29, 1.82) is 0 Å². The van der Waals surface area contributed by atoms with E-state index in [0.717, 1.165) is 6.42 Å². The third-order valence-corrected chi connectivity index (χ3v) is 0.469. The van der Waals surface area contributed by atoms with E-state index in [9.17, 15) is 0 Å². The van der Waals surface area contributed by atoms with Gasteiger partial charge in [0.15, 0.2) is 0 Å². The zero-order valence-corrected chi connectivity index (χ0v) is 6.17. The molecule has 0 atom stereocenters. The number of rotatable bonds is 2. The normalized spacial score (nSPS) is 7.62. The lowest BCUT2D eigenvalue weighted by molar-refractivity contribution is 1.00. The van der Waals surface area contributed by atoms with Crippen molar-refractivity contribution >= 4 is 24.8 Å². The average molecular weight is 159 g/mol. The van der Waals surface area contributed by atoms with Gasteiger partial charge in [0, 0.05) is 0 Å². The topological polar surface area (TPSA) is 52.0 Å². The van der Waals surface area contributed by atoms with Crippen molar-refractivity contribution in [3.05, 3.63) is 12.3 Å². The van der Waals surface area contributed by atoms with Gasteiger partial charge in [-0.25, -0.2) is 0 Å². The molecule has 0 saturated heterocycles. The van der Waals surface area contributed by atoms with Crippen molar-refractivity contribution in [2.24, 2.45) is 11.5 Å². The Morgan fingerprint density at radius 3 is 1.88 bits per heavy atom. The molecule has 0 bridgehead atoms. The van der Waals surface area contributed by atoms with Gasteiger partial charge < -0.3 is 11.5 Å². The van der Waals surface area contributed by atoms with Gasteiger partial charge in [0.25, 0.3) is 0 Å². The van der Waals surface area contributed by atoms with Gasteiger partial charge in [0.1, 0.15) is 0 Å². The van der Waals surface area contributed by atoms with Gasteiger partial charge in [-0.15, -0.1) is 24.8 Å². The van der Waals surface area contributed by atoms with Crippen LogP contribution >= 0.6 is 24.8 Å². The summed E-state index contributed by atoms with van der Waals surface area (Å²) in [5, 5.41) is 0. The van der Waals surface area contributed by atoms with Crippen LogP contribution in [0.15, 0.2) is 12.3 Å². The van der Waals surface area contributed by atoms with Crippen molar-refractivity contribution < 1.29 is 0 Å². The Labute approximate surface area is 62.1 Å². The molecule has 0 unspecified atom stereocenters. The molecule has 0 spiro atoms. The van der Waals surface area contributed by atoms with Crippen LogP contribution in [-0.4, -0.2) is 6.54 Å². The molecule has 0 aromatic heterocycles. The van der Waals surface area contributed by atoms with Gasteiger partial charge in [-0.2, -0.15) is 0 Å². The van der Waals surface area contributed by atoms with Crippen LogP contribution in [0.1, 0.15) is 6.42 Å². The predicted octanol–water partition coefficient (Wildman–Crippen LogP) is 0.651. The Morgan fingerprint density at radius 1 is 1.25 bits per heavy atom. The van der Waals surface area contributed by atoms with E-state index >= 15 is 0 Å². The lowest BCUT2D eigenvalue weighted by Gasteiger charge is -1.77. The summed E-state index contributed by atoms with van der Waals surface area (Å²) in [7, 11) is 0. The summed E-state index contributed by atoms with van der Waals surface area (Å²) in [6.07, 6.45) is 4.23. The van der Waals surface area contributed by atoms with Gasteiger partial charge in [0.2, 0.25) is 0 Å². The van der Waals surface area contributed by atoms with Gasteiger partial charge >= 0.3 is 0 Å². The van der Waals surface area contributed by atoms with Gasteiger partial charge in [-0.05, 0) is 19.2 Å². The number of nitrogens with two attached hydrogens (primary N) is 2. The second-order valence-electron chi connectivity index (χ2n) is 1.01. The molecule has 0 aliphatic carbocycles. The van der Waals surface area contributed by atoms with Crippen LogP contribution < -0.4 is 11.5 Å². The molecule has 8 heavy (non-hydrogen) atoms. The van der Waals surface area contributed by atoms with Gasteiger partial charge in [0.05, 0.1) is 0 Å². The zero-order chi connectivity index (χ0) is 4.83. The van der Waals surface area contributed by atoms with Crippen LogP contribution in [0.5, 0.6) is 0 Å². The van der Waals surface area contributed by atoms with E-state index in [2.05, 4.69) is 0 Å². The highest BCUT2D eigenvalue weighted by molar-refractivity contribution is 5.85. The highest BCUT2D eigenvalue weighted by Crippen LogP contribution is 1.70. The largest absolute Gasteiger partial charge is 0.405 e. The lowest BCUT2D eigenvalue weighted by atomic mass is 10.4. The SMILES string of the molecule is Cl.Cl.NC=CCCN. The van der Waals surface area contributed by atoms with Crippen LogP contribution in [-0.2, 0) is 0 Å². The Bertz CT molecular complexity index is 47.3. The first-order valence-electron chi connectivity index (χ1n) is 1.98. The Kier molecular flexibility index (Phi) is 30.8. The van der Waals surface area contributed by atoms with E-state index in [1.165, 1.54) is 6.20 Å². The molecular weight excluding hydrogens is 147 g/mol. The van der Waals surface area contributed by atoms with Crippen LogP contribution in [0.4, 0.5) is 0 Å². The highest BCUT2D eigenvalue weighted by atomic mass is 35.5. The Hall–Kier alpha value is 0.0800. The van der Waals surface area contributed by atoms with Crippen molar-refractivity contribution in [3.8, 4) is 0 Å². The van der Waals surface area contributed by atoms with Crippen molar-refractivity contribution in [3.63, 3.8) is 0 Å². The smallest absolute Gasteiger partial charge is 0.00420 e.